The van der Waals surface area contributed by atoms with Crippen molar-refractivity contribution in [3.63, 3.8) is 0 Å². The number of rotatable bonds is 7. The van der Waals surface area contributed by atoms with Gasteiger partial charge in [0, 0.05) is 12.2 Å². The van der Waals surface area contributed by atoms with E-state index >= 15 is 0 Å². The number of aryl methyl sites for hydroxylation is 1. The molecule has 0 bridgehead atoms. The summed E-state index contributed by atoms with van der Waals surface area (Å²) < 4.78 is 5.20. The number of ether oxygens (including phenoxy) is 1. The van der Waals surface area contributed by atoms with E-state index in [1.54, 1.807) is 25.7 Å². The fourth-order valence-corrected chi connectivity index (χ4v) is 4.19. The molecule has 1 aromatic rings. The number of fused-ring (bicyclic) bond motifs is 1. The van der Waals surface area contributed by atoms with E-state index in [9.17, 15) is 19.2 Å². The summed E-state index contributed by atoms with van der Waals surface area (Å²) in [6.07, 6.45) is 3.34. The Morgan fingerprint density at radius 3 is 2.58 bits per heavy atom. The molecule has 3 N–H and O–H groups in total. The molecule has 4 amide bonds. The molecular weight excluding hydrogens is 464 g/mol. The van der Waals surface area contributed by atoms with Gasteiger partial charge in [-0.3, -0.25) is 25.2 Å². The van der Waals surface area contributed by atoms with Gasteiger partial charge < -0.3 is 15.0 Å². The fraction of sp³-hybridized carbons (Fsp3) is 0.545. The number of hydrogen-bond donors (Lipinski definition) is 3. The van der Waals surface area contributed by atoms with Gasteiger partial charge in [0.25, 0.3) is 11.1 Å². The highest BCUT2D eigenvalue weighted by atomic mass is 32.2. The summed E-state index contributed by atoms with van der Waals surface area (Å²) >= 11 is 2.30. The normalized spacial score (nSPS) is 14.0. The summed E-state index contributed by atoms with van der Waals surface area (Å²) in [4.78, 5) is 51.0. The molecule has 0 saturated carbocycles. The number of hydrazine groups is 1. The van der Waals surface area contributed by atoms with Crippen LogP contribution < -0.4 is 21.1 Å². The van der Waals surface area contributed by atoms with Gasteiger partial charge in [-0.25, -0.2) is 4.79 Å². The number of carbonyl (C=O) groups excluding carboxylic acids is 4. The Morgan fingerprint density at radius 2 is 1.88 bits per heavy atom. The highest BCUT2D eigenvalue weighted by Crippen LogP contribution is 2.27. The van der Waals surface area contributed by atoms with E-state index in [4.69, 9.17) is 4.74 Å². The Bertz CT molecular complexity index is 859. The average Bonchev–Trinajstić information content (AvgIpc) is 2.76. The smallest absolute Gasteiger partial charge is 0.408 e. The lowest BCUT2D eigenvalue weighted by atomic mass is 10.0. The zero-order valence-corrected chi connectivity index (χ0v) is 21.1. The maximum absolute atomic E-state index is 12.6. The van der Waals surface area contributed by atoms with Crippen molar-refractivity contribution >= 4 is 52.4 Å². The summed E-state index contributed by atoms with van der Waals surface area (Å²) in [5.41, 5.74) is 5.91. The van der Waals surface area contributed by atoms with Crippen molar-refractivity contribution in [1.82, 2.24) is 16.2 Å². The van der Waals surface area contributed by atoms with Crippen LogP contribution >= 0.6 is 23.5 Å². The van der Waals surface area contributed by atoms with E-state index in [0.717, 1.165) is 35.9 Å². The summed E-state index contributed by atoms with van der Waals surface area (Å²) in [7, 11) is 0. The van der Waals surface area contributed by atoms with Crippen molar-refractivity contribution in [2.45, 2.75) is 51.7 Å². The number of thioether (sulfide) groups is 2. The number of amides is 4. The summed E-state index contributed by atoms with van der Waals surface area (Å²) in [5, 5.41) is 1.96. The molecule has 33 heavy (non-hydrogen) atoms. The monoisotopic (exact) mass is 496 g/mol. The number of alkyl carbamates (subject to hydrolysis) is 1. The third-order valence-corrected chi connectivity index (χ3v) is 6.04. The van der Waals surface area contributed by atoms with E-state index in [1.165, 1.54) is 11.8 Å². The van der Waals surface area contributed by atoms with E-state index in [-0.39, 0.29) is 11.7 Å². The van der Waals surface area contributed by atoms with Gasteiger partial charge in [0.2, 0.25) is 5.91 Å². The second kappa shape index (κ2) is 12.7. The molecule has 0 saturated heterocycles. The first-order valence-electron chi connectivity index (χ1n) is 10.7. The van der Waals surface area contributed by atoms with Gasteiger partial charge in [-0.2, -0.15) is 11.8 Å². The standard InChI is InChI=1S/C22H32N4O5S2/c1-22(2,3)31-20(29)23-16(11-13-32-4)19(28)24-25-21(30)33-14-18(27)26-12-7-9-15-8-5-6-10-17(15)26/h5-6,8,10,16H,7,9,11-14H2,1-4H3,(H,23,29)(H,24,28)(H,25,30)/t16-/m1/s1. The Hall–Kier alpha value is -2.40. The van der Waals surface area contributed by atoms with Gasteiger partial charge in [0.1, 0.15) is 11.6 Å². The molecule has 11 heteroatoms. The number of hydrogen-bond acceptors (Lipinski definition) is 7. The van der Waals surface area contributed by atoms with Gasteiger partial charge in [0.15, 0.2) is 0 Å². The highest BCUT2D eigenvalue weighted by Gasteiger charge is 2.25. The first kappa shape index (κ1) is 26.8. The van der Waals surface area contributed by atoms with Crippen molar-refractivity contribution in [2.24, 2.45) is 0 Å². The summed E-state index contributed by atoms with van der Waals surface area (Å²) in [6.45, 7) is 5.79. The minimum atomic E-state index is -0.871. The van der Waals surface area contributed by atoms with E-state index < -0.39 is 28.9 Å². The third-order valence-electron chi connectivity index (χ3n) is 4.64. The Morgan fingerprint density at radius 1 is 1.15 bits per heavy atom. The molecule has 182 valence electrons. The van der Waals surface area contributed by atoms with Gasteiger partial charge in [0.05, 0.1) is 5.75 Å². The molecule has 0 unspecified atom stereocenters. The van der Waals surface area contributed by atoms with Gasteiger partial charge in [-0.05, 0) is 63.7 Å². The van der Waals surface area contributed by atoms with Crippen LogP contribution in [-0.4, -0.2) is 59.1 Å². The molecule has 9 nitrogen and oxygen atoms in total. The van der Waals surface area contributed by atoms with Crippen LogP contribution in [0.5, 0.6) is 0 Å². The van der Waals surface area contributed by atoms with Crippen molar-refractivity contribution in [3.8, 4) is 0 Å². The van der Waals surface area contributed by atoms with Crippen molar-refractivity contribution in [1.29, 1.82) is 0 Å². The predicted octanol–water partition coefficient (Wildman–Crippen LogP) is 3.09. The Balaban J connectivity index is 1.82. The predicted molar refractivity (Wildman–Crippen MR) is 132 cm³/mol. The first-order valence-corrected chi connectivity index (χ1v) is 13.1. The zero-order chi connectivity index (χ0) is 24.4. The molecule has 2 rings (SSSR count). The molecule has 1 atom stereocenters. The molecule has 1 aliphatic heterocycles. The van der Waals surface area contributed by atoms with Crippen LogP contribution in [0.3, 0.4) is 0 Å². The van der Waals surface area contributed by atoms with Crippen LogP contribution in [0.2, 0.25) is 0 Å². The highest BCUT2D eigenvalue weighted by molar-refractivity contribution is 8.14. The van der Waals surface area contributed by atoms with Crippen LogP contribution in [0, 0.1) is 0 Å². The minimum absolute atomic E-state index is 0.0535. The summed E-state index contributed by atoms with van der Waals surface area (Å²) in [5.74, 6) is -0.164. The Labute approximate surface area is 203 Å². The minimum Gasteiger partial charge on any atom is -0.444 e. The fourth-order valence-electron chi connectivity index (χ4n) is 3.19. The van der Waals surface area contributed by atoms with Crippen LogP contribution in [0.15, 0.2) is 24.3 Å². The molecule has 0 fully saturated rings. The second-order valence-corrected chi connectivity index (χ2v) is 10.4. The molecule has 0 radical (unpaired) electrons. The van der Waals surface area contributed by atoms with Crippen LogP contribution in [-0.2, 0) is 20.7 Å². The first-order chi connectivity index (χ1) is 15.6. The molecular formula is C22H32N4O5S2. The lowest BCUT2D eigenvalue weighted by Gasteiger charge is -2.29. The molecule has 0 aromatic heterocycles. The van der Waals surface area contributed by atoms with Gasteiger partial charge >= 0.3 is 6.09 Å². The largest absolute Gasteiger partial charge is 0.444 e. The van der Waals surface area contributed by atoms with Gasteiger partial charge in [-0.15, -0.1) is 0 Å². The lowest BCUT2D eigenvalue weighted by molar-refractivity contribution is -0.123. The summed E-state index contributed by atoms with van der Waals surface area (Å²) in [6, 6.07) is 6.87. The SMILES string of the molecule is CSCC[C@@H](NC(=O)OC(C)(C)C)C(=O)NNC(=O)SCC(=O)N1CCCc2ccccc21. The number of anilines is 1. The number of carbonyl (C=O) groups is 4. The quantitative estimate of drug-likeness (QED) is 0.497. The van der Waals surface area contributed by atoms with E-state index in [1.807, 2.05) is 30.5 Å². The van der Waals surface area contributed by atoms with E-state index in [2.05, 4.69) is 16.2 Å². The second-order valence-electron chi connectivity index (χ2n) is 8.45. The molecule has 1 aliphatic rings. The van der Waals surface area contributed by atoms with Crippen molar-refractivity contribution < 1.29 is 23.9 Å². The third kappa shape index (κ3) is 9.17. The number of para-hydroxylation sites is 1. The molecule has 1 aromatic carbocycles. The molecule has 1 heterocycles. The van der Waals surface area contributed by atoms with Crippen LogP contribution in [0.1, 0.15) is 39.2 Å². The average molecular weight is 497 g/mol. The van der Waals surface area contributed by atoms with Crippen LogP contribution in [0.25, 0.3) is 0 Å². The van der Waals surface area contributed by atoms with Gasteiger partial charge in [-0.1, -0.05) is 30.0 Å². The van der Waals surface area contributed by atoms with Crippen LogP contribution in [0.4, 0.5) is 15.3 Å². The number of benzene rings is 1. The lowest BCUT2D eigenvalue weighted by Crippen LogP contribution is -2.52. The Kier molecular flexibility index (Phi) is 10.4. The number of nitrogens with one attached hydrogen (secondary N) is 3. The van der Waals surface area contributed by atoms with E-state index in [0.29, 0.717) is 18.7 Å². The zero-order valence-electron chi connectivity index (χ0n) is 19.4. The topological polar surface area (TPSA) is 117 Å². The van der Waals surface area contributed by atoms with Crippen molar-refractivity contribution in [2.75, 3.05) is 29.2 Å². The molecule has 0 aliphatic carbocycles. The van der Waals surface area contributed by atoms with Crippen molar-refractivity contribution in [3.05, 3.63) is 29.8 Å². The number of nitrogens with zero attached hydrogens (tertiary/aromatic N) is 1. The molecule has 0 spiro atoms. The maximum Gasteiger partial charge on any atom is 0.408 e. The maximum atomic E-state index is 12.6.